The van der Waals surface area contributed by atoms with Crippen molar-refractivity contribution in [3.63, 3.8) is 0 Å². The molecular weight excluding hydrogens is 292 g/mol. The molecule has 0 aliphatic rings. The summed E-state index contributed by atoms with van der Waals surface area (Å²) < 4.78 is 4.74. The first-order valence-corrected chi connectivity index (χ1v) is 8.85. The number of para-hydroxylation sites is 1. The van der Waals surface area contributed by atoms with Crippen molar-refractivity contribution in [2.45, 2.75) is 46.1 Å². The molecule has 3 aromatic rings. The zero-order valence-electron chi connectivity index (χ0n) is 15.2. The number of rotatable bonds is 5. The zero-order valence-corrected chi connectivity index (χ0v) is 15.2. The van der Waals surface area contributed by atoms with Gasteiger partial charge in [0, 0.05) is 12.5 Å². The largest absolute Gasteiger partial charge is 0.259 e. The Bertz CT molecular complexity index is 811. The van der Waals surface area contributed by atoms with Crippen LogP contribution in [-0.4, -0.2) is 4.57 Å². The molecule has 0 saturated carbocycles. The van der Waals surface area contributed by atoms with E-state index in [-0.39, 0.29) is 5.54 Å². The zero-order chi connectivity index (χ0) is 17.2. The second kappa shape index (κ2) is 6.64. The van der Waals surface area contributed by atoms with Gasteiger partial charge in [-0.15, -0.1) is 0 Å². The first kappa shape index (κ1) is 16.5. The van der Waals surface area contributed by atoms with Gasteiger partial charge in [0.05, 0.1) is 0 Å². The number of aryl methyl sites for hydroxylation is 1. The summed E-state index contributed by atoms with van der Waals surface area (Å²) >= 11 is 0. The second-order valence-corrected chi connectivity index (χ2v) is 6.47. The summed E-state index contributed by atoms with van der Waals surface area (Å²) in [7, 11) is 0. The quantitative estimate of drug-likeness (QED) is 0.589. The summed E-state index contributed by atoms with van der Waals surface area (Å²) in [5.41, 5.74) is 3.99. The van der Waals surface area contributed by atoms with Gasteiger partial charge in [-0.25, -0.2) is 9.13 Å². The molecule has 0 atom stereocenters. The minimum absolute atomic E-state index is 0.00451. The van der Waals surface area contributed by atoms with Gasteiger partial charge >= 0.3 is 0 Å². The van der Waals surface area contributed by atoms with Crippen LogP contribution in [-0.2, 0) is 5.54 Å². The van der Waals surface area contributed by atoms with E-state index < -0.39 is 0 Å². The number of imidazole rings is 1. The maximum Gasteiger partial charge on any atom is 0.259 e. The molecule has 0 amide bonds. The van der Waals surface area contributed by atoms with Crippen LogP contribution in [0, 0.1) is 13.8 Å². The fraction of sp³-hybridized carbons (Fsp3) is 0.318. The van der Waals surface area contributed by atoms with E-state index in [0.29, 0.717) is 0 Å². The Morgan fingerprint density at radius 3 is 2.12 bits per heavy atom. The monoisotopic (exact) mass is 319 g/mol. The van der Waals surface area contributed by atoms with Gasteiger partial charge in [0.2, 0.25) is 0 Å². The molecule has 0 N–H and O–H groups in total. The molecule has 0 unspecified atom stereocenters. The highest BCUT2D eigenvalue weighted by atomic mass is 15.2. The van der Waals surface area contributed by atoms with Crippen LogP contribution in [0.25, 0.3) is 5.69 Å². The molecule has 0 fully saturated rings. The minimum Gasteiger partial charge on any atom is -0.225 e. The van der Waals surface area contributed by atoms with Crippen molar-refractivity contribution in [3.8, 4) is 5.69 Å². The van der Waals surface area contributed by atoms with E-state index in [1.807, 2.05) is 0 Å². The molecule has 0 saturated heterocycles. The third-order valence-electron chi connectivity index (χ3n) is 5.37. The third kappa shape index (κ3) is 2.56. The molecule has 3 rings (SSSR count). The highest BCUT2D eigenvalue weighted by Crippen LogP contribution is 2.31. The number of nitrogens with zero attached hydrogens (tertiary/aromatic N) is 2. The average molecular weight is 319 g/mol. The van der Waals surface area contributed by atoms with E-state index in [0.717, 1.165) is 12.8 Å². The first-order valence-electron chi connectivity index (χ1n) is 8.85. The van der Waals surface area contributed by atoms with Gasteiger partial charge in [0.15, 0.2) is 0 Å². The lowest BCUT2D eigenvalue weighted by Gasteiger charge is -2.31. The van der Waals surface area contributed by atoms with Crippen LogP contribution < -0.4 is 4.57 Å². The number of hydrogen-bond donors (Lipinski definition) is 0. The molecule has 0 radical (unpaired) electrons. The number of benzene rings is 2. The maximum absolute atomic E-state index is 2.46. The lowest BCUT2D eigenvalue weighted by atomic mass is 9.82. The van der Waals surface area contributed by atoms with Crippen molar-refractivity contribution in [1.82, 2.24) is 4.57 Å². The molecule has 24 heavy (non-hydrogen) atoms. The van der Waals surface area contributed by atoms with Crippen molar-refractivity contribution in [2.75, 3.05) is 0 Å². The molecule has 2 nitrogen and oxygen atoms in total. The highest BCUT2D eigenvalue weighted by Gasteiger charge is 2.38. The van der Waals surface area contributed by atoms with Crippen LogP contribution in [0.2, 0.25) is 0 Å². The van der Waals surface area contributed by atoms with Crippen LogP contribution in [0.4, 0.5) is 0 Å². The normalized spacial score (nSPS) is 11.7. The summed E-state index contributed by atoms with van der Waals surface area (Å²) in [6, 6.07) is 19.4. The van der Waals surface area contributed by atoms with E-state index in [9.17, 15) is 0 Å². The molecule has 0 aliphatic carbocycles. The molecule has 1 aromatic heterocycles. The molecule has 0 spiro atoms. The van der Waals surface area contributed by atoms with Gasteiger partial charge in [0.25, 0.3) is 5.82 Å². The Labute approximate surface area is 145 Å². The van der Waals surface area contributed by atoms with E-state index >= 15 is 0 Å². The smallest absolute Gasteiger partial charge is 0.225 e. The number of hydrogen-bond acceptors (Lipinski definition) is 0. The standard InChI is InChI=1S/C22H27N2/c1-5-22(6-2,21-15-11-10-12-18(21)3)24-17-16-23(19(24)4)20-13-8-7-9-14-20/h7-17H,5-6H2,1-4H3/q+1. The topological polar surface area (TPSA) is 8.81 Å². The van der Waals surface area contributed by atoms with Gasteiger partial charge in [-0.05, 0) is 37.5 Å². The van der Waals surface area contributed by atoms with Crippen molar-refractivity contribution >= 4 is 0 Å². The van der Waals surface area contributed by atoms with Crippen molar-refractivity contribution in [1.29, 1.82) is 0 Å². The summed E-state index contributed by atoms with van der Waals surface area (Å²) in [5.74, 6) is 1.26. The lowest BCUT2D eigenvalue weighted by Crippen LogP contribution is -2.57. The predicted molar refractivity (Wildman–Crippen MR) is 99.5 cm³/mol. The summed E-state index contributed by atoms with van der Waals surface area (Å²) in [6.45, 7) is 9.02. The van der Waals surface area contributed by atoms with Gasteiger partial charge in [-0.2, -0.15) is 0 Å². The molecule has 1 heterocycles. The van der Waals surface area contributed by atoms with Gasteiger partial charge in [-0.3, -0.25) is 0 Å². The third-order valence-corrected chi connectivity index (χ3v) is 5.37. The van der Waals surface area contributed by atoms with E-state index in [1.54, 1.807) is 0 Å². The van der Waals surface area contributed by atoms with Crippen LogP contribution in [0.15, 0.2) is 67.0 Å². The van der Waals surface area contributed by atoms with Crippen LogP contribution in [0.3, 0.4) is 0 Å². The molecule has 0 bridgehead atoms. The molecule has 124 valence electrons. The van der Waals surface area contributed by atoms with Crippen molar-refractivity contribution in [2.24, 2.45) is 0 Å². The molecule has 2 aromatic carbocycles. The summed E-state index contributed by atoms with van der Waals surface area (Å²) in [5, 5.41) is 0. The van der Waals surface area contributed by atoms with E-state index in [2.05, 4.69) is 104 Å². The number of aromatic nitrogens is 2. The molecule has 0 aliphatic heterocycles. The molecule has 2 heteroatoms. The highest BCUT2D eigenvalue weighted by molar-refractivity contribution is 5.33. The van der Waals surface area contributed by atoms with Crippen LogP contribution in [0.5, 0.6) is 0 Å². The Balaban J connectivity index is 2.18. The fourth-order valence-corrected chi connectivity index (χ4v) is 3.98. The average Bonchev–Trinajstić information content (AvgIpc) is 3.01. The summed E-state index contributed by atoms with van der Waals surface area (Å²) in [4.78, 5) is 0. The van der Waals surface area contributed by atoms with Crippen LogP contribution >= 0.6 is 0 Å². The van der Waals surface area contributed by atoms with Crippen LogP contribution in [0.1, 0.15) is 43.6 Å². The first-order chi connectivity index (χ1) is 11.6. The van der Waals surface area contributed by atoms with Gasteiger partial charge in [-0.1, -0.05) is 56.3 Å². The SMILES string of the molecule is CCC(CC)(c1ccccc1C)[n+]1ccn(-c2ccccc2)c1C. The van der Waals surface area contributed by atoms with Crippen molar-refractivity contribution in [3.05, 3.63) is 83.9 Å². The Morgan fingerprint density at radius 1 is 0.875 bits per heavy atom. The predicted octanol–water partition coefficient (Wildman–Crippen LogP) is 4.95. The van der Waals surface area contributed by atoms with Crippen molar-refractivity contribution < 1.29 is 4.57 Å². The Hall–Kier alpha value is -2.35. The van der Waals surface area contributed by atoms with E-state index in [1.165, 1.54) is 22.6 Å². The van der Waals surface area contributed by atoms with Gasteiger partial charge in [0.1, 0.15) is 23.6 Å². The Morgan fingerprint density at radius 2 is 1.50 bits per heavy atom. The lowest BCUT2D eigenvalue weighted by molar-refractivity contribution is -0.760. The minimum atomic E-state index is -0.00451. The Kier molecular flexibility index (Phi) is 4.57. The van der Waals surface area contributed by atoms with Gasteiger partial charge < -0.3 is 0 Å². The maximum atomic E-state index is 2.46. The summed E-state index contributed by atoms with van der Waals surface area (Å²) in [6.07, 6.45) is 6.56. The van der Waals surface area contributed by atoms with E-state index in [4.69, 9.17) is 0 Å². The second-order valence-electron chi connectivity index (χ2n) is 6.47. The fourth-order valence-electron chi connectivity index (χ4n) is 3.98. The molecular formula is C22H27N2+.